The van der Waals surface area contributed by atoms with E-state index in [0.29, 0.717) is 21.7 Å². The van der Waals surface area contributed by atoms with Crippen molar-refractivity contribution >= 4 is 28.3 Å². The van der Waals surface area contributed by atoms with E-state index in [1.165, 1.54) is 4.80 Å². The van der Waals surface area contributed by atoms with E-state index in [-0.39, 0.29) is 11.3 Å². The summed E-state index contributed by atoms with van der Waals surface area (Å²) in [5.41, 5.74) is 2.12. The molecule has 3 rings (SSSR count). The number of hydrogen-bond acceptors (Lipinski definition) is 6. The average molecular weight is 346 g/mol. The van der Waals surface area contributed by atoms with Crippen LogP contribution in [0.4, 0.5) is 5.69 Å². The van der Waals surface area contributed by atoms with Crippen LogP contribution in [-0.2, 0) is 0 Å². The predicted octanol–water partition coefficient (Wildman–Crippen LogP) is 3.31. The number of anilines is 1. The van der Waals surface area contributed by atoms with Gasteiger partial charge in [0.25, 0.3) is 0 Å². The van der Waals surface area contributed by atoms with Gasteiger partial charge in [-0.2, -0.15) is 20.6 Å². The summed E-state index contributed by atoms with van der Waals surface area (Å²) in [4.78, 5) is 1.47. The van der Waals surface area contributed by atoms with Gasteiger partial charge in [-0.05, 0) is 42.5 Å². The van der Waals surface area contributed by atoms with E-state index in [2.05, 4.69) is 15.5 Å². The smallest absolute Gasteiger partial charge is 0.163 e. The van der Waals surface area contributed by atoms with Crippen LogP contribution in [0.5, 0.6) is 0 Å². The minimum Gasteiger partial charge on any atom is -0.345 e. The molecule has 0 saturated heterocycles. The molecule has 0 aliphatic rings. The molecule has 3 aromatic rings. The predicted molar refractivity (Wildman–Crippen MR) is 91.4 cm³/mol. The van der Waals surface area contributed by atoms with E-state index in [4.69, 9.17) is 27.4 Å². The number of hydrogen-bond donors (Lipinski definition) is 1. The van der Waals surface area contributed by atoms with E-state index >= 15 is 0 Å². The second-order valence-electron chi connectivity index (χ2n) is 4.88. The highest BCUT2D eigenvalue weighted by Gasteiger charge is 2.09. The van der Waals surface area contributed by atoms with Gasteiger partial charge in [0.05, 0.1) is 5.69 Å². The molecule has 25 heavy (non-hydrogen) atoms. The van der Waals surface area contributed by atoms with Crippen molar-refractivity contribution in [2.24, 2.45) is 0 Å². The summed E-state index contributed by atoms with van der Waals surface area (Å²) in [7, 11) is 0. The quantitative estimate of drug-likeness (QED) is 0.728. The van der Waals surface area contributed by atoms with Crippen molar-refractivity contribution in [2.45, 2.75) is 0 Å². The van der Waals surface area contributed by atoms with Crippen molar-refractivity contribution in [3.8, 4) is 23.9 Å². The van der Waals surface area contributed by atoms with Crippen LogP contribution in [0, 0.1) is 34.0 Å². The van der Waals surface area contributed by atoms with Gasteiger partial charge in [-0.25, -0.2) is 0 Å². The lowest BCUT2D eigenvalue weighted by Gasteiger charge is -2.03. The van der Waals surface area contributed by atoms with Gasteiger partial charge in [0.2, 0.25) is 0 Å². The van der Waals surface area contributed by atoms with Crippen LogP contribution in [0.25, 0.3) is 16.7 Å². The lowest BCUT2D eigenvalue weighted by Crippen LogP contribution is -2.00. The Bertz CT molecular complexity index is 1090. The second-order valence-corrected chi connectivity index (χ2v) is 5.32. The molecule has 0 radical (unpaired) electrons. The Kier molecular flexibility index (Phi) is 4.30. The Hall–Kier alpha value is -3.86. The second kappa shape index (κ2) is 6.72. The number of rotatable bonds is 3. The van der Waals surface area contributed by atoms with E-state index in [0.717, 1.165) is 5.69 Å². The summed E-state index contributed by atoms with van der Waals surface area (Å²) in [5.74, 6) is 0. The van der Waals surface area contributed by atoms with Crippen LogP contribution in [0.15, 0.2) is 53.7 Å². The zero-order valence-electron chi connectivity index (χ0n) is 12.6. The Balaban J connectivity index is 1.98. The summed E-state index contributed by atoms with van der Waals surface area (Å²) < 4.78 is 0. The average Bonchev–Trinajstić information content (AvgIpc) is 3.05. The summed E-state index contributed by atoms with van der Waals surface area (Å²) >= 11 is 5.88. The molecule has 7 nitrogen and oxygen atoms in total. The summed E-state index contributed by atoms with van der Waals surface area (Å²) in [6.45, 7) is 0. The van der Waals surface area contributed by atoms with Gasteiger partial charge in [-0.15, -0.1) is 10.2 Å². The normalized spacial score (nSPS) is 9.68. The highest BCUT2D eigenvalue weighted by Crippen LogP contribution is 2.20. The van der Waals surface area contributed by atoms with Crippen LogP contribution < -0.4 is 5.32 Å². The highest BCUT2D eigenvalue weighted by atomic mass is 35.5. The monoisotopic (exact) mass is 345 g/mol. The molecule has 2 aromatic carbocycles. The van der Waals surface area contributed by atoms with Gasteiger partial charge in [0, 0.05) is 10.7 Å². The number of aromatic nitrogens is 3. The van der Waals surface area contributed by atoms with E-state index in [9.17, 15) is 0 Å². The molecule has 1 aromatic heterocycles. The molecular weight excluding hydrogens is 338 g/mol. The third-order valence-electron chi connectivity index (χ3n) is 3.29. The highest BCUT2D eigenvalue weighted by molar-refractivity contribution is 6.30. The molecule has 0 atom stereocenters. The Morgan fingerprint density at radius 3 is 2.24 bits per heavy atom. The molecule has 0 aliphatic carbocycles. The summed E-state index contributed by atoms with van der Waals surface area (Å²) in [5, 5.41) is 39.0. The van der Waals surface area contributed by atoms with E-state index < -0.39 is 0 Å². The molecule has 0 aliphatic heterocycles. The van der Waals surface area contributed by atoms with Gasteiger partial charge in [0.1, 0.15) is 34.9 Å². The van der Waals surface area contributed by atoms with Crippen LogP contribution in [-0.4, -0.2) is 15.0 Å². The molecule has 0 saturated carbocycles. The van der Waals surface area contributed by atoms with Crippen molar-refractivity contribution in [1.29, 1.82) is 15.8 Å². The third kappa shape index (κ3) is 3.25. The van der Waals surface area contributed by atoms with Crippen LogP contribution in [0.3, 0.4) is 0 Å². The number of halogens is 1. The molecule has 118 valence electrons. The maximum atomic E-state index is 9.09. The maximum Gasteiger partial charge on any atom is 0.163 e. The minimum atomic E-state index is -0.285. The van der Waals surface area contributed by atoms with Crippen LogP contribution in [0.1, 0.15) is 0 Å². The molecular formula is C17H8ClN7. The topological polar surface area (TPSA) is 114 Å². The molecule has 1 N–H and O–H groups in total. The van der Waals surface area contributed by atoms with Gasteiger partial charge >= 0.3 is 0 Å². The first-order valence-electron chi connectivity index (χ1n) is 6.99. The van der Waals surface area contributed by atoms with Crippen molar-refractivity contribution in [1.82, 2.24) is 15.0 Å². The Labute approximate surface area is 147 Å². The lowest BCUT2D eigenvalue weighted by atomic mass is 10.2. The molecule has 0 unspecified atom stereocenters. The molecule has 1 heterocycles. The fraction of sp³-hybridized carbons (Fsp3) is 0. The largest absolute Gasteiger partial charge is 0.345 e. The fourth-order valence-electron chi connectivity index (χ4n) is 2.11. The third-order valence-corrected chi connectivity index (χ3v) is 3.54. The van der Waals surface area contributed by atoms with Gasteiger partial charge in [0.15, 0.2) is 5.57 Å². The number of allylic oxidation sites excluding steroid dienone is 2. The molecule has 0 amide bonds. The zero-order valence-corrected chi connectivity index (χ0v) is 13.4. The summed E-state index contributed by atoms with van der Waals surface area (Å²) in [6, 6.07) is 17.3. The maximum absolute atomic E-state index is 9.09. The first-order valence-corrected chi connectivity index (χ1v) is 7.37. The molecule has 0 fully saturated rings. The van der Waals surface area contributed by atoms with Crippen molar-refractivity contribution in [3.05, 3.63) is 58.8 Å². The van der Waals surface area contributed by atoms with Gasteiger partial charge in [-0.1, -0.05) is 11.6 Å². The van der Waals surface area contributed by atoms with Crippen molar-refractivity contribution < 1.29 is 0 Å². The molecule has 0 bridgehead atoms. The zero-order chi connectivity index (χ0) is 17.8. The fourth-order valence-corrected chi connectivity index (χ4v) is 2.24. The molecule has 8 heteroatoms. The number of benzene rings is 2. The van der Waals surface area contributed by atoms with E-state index in [1.54, 1.807) is 60.7 Å². The number of nitrogens with zero attached hydrogens (tertiary/aromatic N) is 6. The van der Waals surface area contributed by atoms with Gasteiger partial charge in [-0.3, -0.25) is 0 Å². The van der Waals surface area contributed by atoms with Crippen LogP contribution in [0.2, 0.25) is 5.02 Å². The van der Waals surface area contributed by atoms with E-state index in [1.807, 2.05) is 0 Å². The first kappa shape index (κ1) is 16.0. The van der Waals surface area contributed by atoms with Crippen molar-refractivity contribution in [2.75, 3.05) is 5.32 Å². The Morgan fingerprint density at radius 2 is 1.60 bits per heavy atom. The number of fused-ring (bicyclic) bond motifs is 1. The standard InChI is InChI=1S/C17H8ClN7/c18-12-1-4-14(5-2-12)25-23-15-6-3-13(7-16(15)24-25)22-17(10-21)11(8-19)9-20/h1-7,22H. The Morgan fingerprint density at radius 1 is 0.920 bits per heavy atom. The lowest BCUT2D eigenvalue weighted by molar-refractivity contribution is 0.766. The first-order chi connectivity index (χ1) is 12.1. The summed E-state index contributed by atoms with van der Waals surface area (Å²) in [6.07, 6.45) is 0. The minimum absolute atomic E-state index is 0.116. The van der Waals surface area contributed by atoms with Crippen LogP contribution >= 0.6 is 11.6 Å². The molecule has 0 spiro atoms. The number of nitrogens with one attached hydrogen (secondary N) is 1. The van der Waals surface area contributed by atoms with Gasteiger partial charge < -0.3 is 5.32 Å². The van der Waals surface area contributed by atoms with Crippen molar-refractivity contribution in [3.63, 3.8) is 0 Å². The number of nitriles is 3. The SMILES string of the molecule is N#CC(C#N)=C(C#N)Nc1ccc2nn(-c3ccc(Cl)cc3)nc2c1.